The van der Waals surface area contributed by atoms with Crippen LogP contribution in [0.5, 0.6) is 0 Å². The second kappa shape index (κ2) is 5.94. The van der Waals surface area contributed by atoms with Crippen molar-refractivity contribution in [2.24, 2.45) is 17.3 Å². The largest absolute Gasteiger partial charge is 0.389 e. The molecule has 24 heavy (non-hydrogen) atoms. The first-order valence-corrected chi connectivity index (χ1v) is 8.82. The van der Waals surface area contributed by atoms with E-state index in [1.165, 1.54) is 0 Å². The number of aliphatic hydroxyl groups excluding tert-OH is 3. The number of aliphatic hydroxyl groups is 3. The standard InChI is InChI=1S/C20H28O4/c1-10-5-6-12-9-14(22)16-17(20(12,3)4)19(24)15(18(16)23)11(2)8-13(21)7-10/h8,12-15,18,21-23H,1,5-7,9H2,2-4H3. The van der Waals surface area contributed by atoms with Gasteiger partial charge in [0.25, 0.3) is 0 Å². The van der Waals surface area contributed by atoms with Crippen LogP contribution in [0.3, 0.4) is 0 Å². The van der Waals surface area contributed by atoms with Gasteiger partial charge in [-0.05, 0) is 49.5 Å². The lowest BCUT2D eigenvalue weighted by Gasteiger charge is -2.42. The van der Waals surface area contributed by atoms with Crippen molar-refractivity contribution in [3.05, 3.63) is 34.9 Å². The molecular weight excluding hydrogens is 304 g/mol. The lowest BCUT2D eigenvalue weighted by molar-refractivity contribution is -0.120. The van der Waals surface area contributed by atoms with Gasteiger partial charge in [0.1, 0.15) is 0 Å². The fourth-order valence-corrected chi connectivity index (χ4v) is 4.89. The van der Waals surface area contributed by atoms with E-state index < -0.39 is 24.2 Å². The summed E-state index contributed by atoms with van der Waals surface area (Å²) in [5, 5.41) is 31.6. The molecule has 0 radical (unpaired) electrons. The number of allylic oxidation sites excluding steroid dienone is 1. The van der Waals surface area contributed by atoms with E-state index in [9.17, 15) is 20.1 Å². The summed E-state index contributed by atoms with van der Waals surface area (Å²) < 4.78 is 0. The monoisotopic (exact) mass is 332 g/mol. The minimum Gasteiger partial charge on any atom is -0.389 e. The zero-order valence-electron chi connectivity index (χ0n) is 14.7. The minimum absolute atomic E-state index is 0.0911. The van der Waals surface area contributed by atoms with Crippen LogP contribution < -0.4 is 0 Å². The number of hydrogen-bond donors (Lipinski definition) is 3. The van der Waals surface area contributed by atoms with Gasteiger partial charge in [0.2, 0.25) is 0 Å². The fourth-order valence-electron chi connectivity index (χ4n) is 4.89. The molecule has 132 valence electrons. The van der Waals surface area contributed by atoms with Crippen molar-refractivity contribution >= 4 is 5.78 Å². The van der Waals surface area contributed by atoms with Gasteiger partial charge in [-0.3, -0.25) is 4.79 Å². The number of hydrogen-bond acceptors (Lipinski definition) is 4. The first-order chi connectivity index (χ1) is 11.1. The zero-order valence-corrected chi connectivity index (χ0v) is 14.7. The summed E-state index contributed by atoms with van der Waals surface area (Å²) >= 11 is 0. The van der Waals surface area contributed by atoms with E-state index in [4.69, 9.17) is 0 Å². The highest BCUT2D eigenvalue weighted by Crippen LogP contribution is 2.53. The van der Waals surface area contributed by atoms with E-state index in [0.29, 0.717) is 29.6 Å². The summed E-state index contributed by atoms with van der Waals surface area (Å²) in [6.07, 6.45) is 1.83. The molecule has 3 aliphatic carbocycles. The van der Waals surface area contributed by atoms with Crippen molar-refractivity contribution in [1.29, 1.82) is 0 Å². The van der Waals surface area contributed by atoms with Crippen molar-refractivity contribution in [2.75, 3.05) is 0 Å². The summed E-state index contributed by atoms with van der Waals surface area (Å²) in [6.45, 7) is 9.95. The molecule has 0 aromatic carbocycles. The average Bonchev–Trinajstić information content (AvgIpc) is 2.73. The summed E-state index contributed by atoms with van der Waals surface area (Å²) in [4.78, 5) is 13.1. The lowest BCUT2D eigenvalue weighted by Crippen LogP contribution is -2.38. The molecule has 3 N–H and O–H groups in total. The van der Waals surface area contributed by atoms with Gasteiger partial charge in [-0.15, -0.1) is 0 Å². The van der Waals surface area contributed by atoms with Crippen LogP contribution in [-0.4, -0.2) is 39.4 Å². The maximum Gasteiger partial charge on any atom is 0.169 e. The van der Waals surface area contributed by atoms with E-state index in [0.717, 1.165) is 18.4 Å². The third-order valence-electron chi connectivity index (χ3n) is 6.27. The maximum absolute atomic E-state index is 13.1. The Bertz CT molecular complexity index is 640. The molecule has 0 aromatic rings. The predicted molar refractivity (Wildman–Crippen MR) is 92.2 cm³/mol. The molecule has 0 saturated carbocycles. The van der Waals surface area contributed by atoms with Crippen molar-refractivity contribution in [3.8, 4) is 0 Å². The second-order valence-corrected chi connectivity index (χ2v) is 8.26. The van der Waals surface area contributed by atoms with Crippen molar-refractivity contribution < 1.29 is 20.1 Å². The van der Waals surface area contributed by atoms with Crippen LogP contribution in [-0.2, 0) is 4.79 Å². The van der Waals surface area contributed by atoms with Crippen LogP contribution in [0.4, 0.5) is 0 Å². The Kier molecular flexibility index (Phi) is 4.35. The van der Waals surface area contributed by atoms with Gasteiger partial charge in [-0.2, -0.15) is 0 Å². The molecule has 0 saturated heterocycles. The van der Waals surface area contributed by atoms with Gasteiger partial charge in [0, 0.05) is 5.57 Å². The van der Waals surface area contributed by atoms with E-state index in [1.807, 2.05) is 13.8 Å². The van der Waals surface area contributed by atoms with Gasteiger partial charge in [-0.1, -0.05) is 37.6 Å². The molecule has 4 heteroatoms. The fraction of sp³-hybridized carbons (Fsp3) is 0.650. The Hall–Kier alpha value is -1.23. The Morgan fingerprint density at radius 1 is 1.25 bits per heavy atom. The molecule has 3 bridgehead atoms. The highest BCUT2D eigenvalue weighted by atomic mass is 16.3. The van der Waals surface area contributed by atoms with Crippen LogP contribution in [0.2, 0.25) is 0 Å². The van der Waals surface area contributed by atoms with Crippen LogP contribution in [0.25, 0.3) is 0 Å². The Morgan fingerprint density at radius 2 is 1.92 bits per heavy atom. The van der Waals surface area contributed by atoms with E-state index in [-0.39, 0.29) is 17.1 Å². The quantitative estimate of drug-likeness (QED) is 0.595. The predicted octanol–water partition coefficient (Wildman–Crippen LogP) is 2.30. The molecule has 4 nitrogen and oxygen atoms in total. The third-order valence-corrected chi connectivity index (χ3v) is 6.27. The third kappa shape index (κ3) is 2.61. The molecule has 0 amide bonds. The SMILES string of the molecule is C=C1CCC2CC(O)C3=C(C(=O)C(C(C)=CC(O)C1)C3O)C2(C)C. The van der Waals surface area contributed by atoms with Crippen molar-refractivity contribution in [3.63, 3.8) is 0 Å². The maximum atomic E-state index is 13.1. The molecule has 0 aliphatic heterocycles. The van der Waals surface area contributed by atoms with E-state index in [1.54, 1.807) is 13.0 Å². The number of Topliss-reactive ketones (excluding diaryl/α,β-unsaturated/α-hetero) is 1. The Balaban J connectivity index is 2.14. The van der Waals surface area contributed by atoms with E-state index >= 15 is 0 Å². The van der Waals surface area contributed by atoms with Crippen LogP contribution >= 0.6 is 0 Å². The number of ketones is 1. The zero-order chi connectivity index (χ0) is 17.8. The lowest BCUT2D eigenvalue weighted by atomic mass is 9.63. The number of fused-ring (bicyclic) bond motifs is 2. The topological polar surface area (TPSA) is 77.8 Å². The normalized spacial score (nSPS) is 39.6. The molecule has 3 rings (SSSR count). The molecular formula is C20H28O4. The second-order valence-electron chi connectivity index (χ2n) is 8.26. The highest BCUT2D eigenvalue weighted by molar-refractivity contribution is 6.04. The number of carbonyl (C=O) groups excluding carboxylic acids is 1. The smallest absolute Gasteiger partial charge is 0.169 e. The summed E-state index contributed by atoms with van der Waals surface area (Å²) in [5.74, 6) is -0.629. The number of carbonyl (C=O) groups is 1. The first kappa shape index (κ1) is 17.6. The highest BCUT2D eigenvalue weighted by Gasteiger charge is 2.54. The van der Waals surface area contributed by atoms with Crippen molar-refractivity contribution in [2.45, 2.75) is 64.8 Å². The molecule has 5 unspecified atom stereocenters. The van der Waals surface area contributed by atoms with Gasteiger partial charge >= 0.3 is 0 Å². The summed E-state index contributed by atoms with van der Waals surface area (Å²) in [6, 6.07) is 0. The summed E-state index contributed by atoms with van der Waals surface area (Å²) in [5.41, 5.74) is 2.39. The van der Waals surface area contributed by atoms with E-state index in [2.05, 4.69) is 6.58 Å². The van der Waals surface area contributed by atoms with Crippen LogP contribution in [0, 0.1) is 17.3 Å². The molecule has 0 fully saturated rings. The van der Waals surface area contributed by atoms with Crippen LogP contribution in [0.1, 0.15) is 46.5 Å². The molecule has 0 spiro atoms. The minimum atomic E-state index is -0.991. The Labute approximate surface area is 143 Å². The molecule has 0 heterocycles. The molecule has 0 aromatic heterocycles. The first-order valence-electron chi connectivity index (χ1n) is 8.82. The van der Waals surface area contributed by atoms with Crippen LogP contribution in [0.15, 0.2) is 34.9 Å². The van der Waals surface area contributed by atoms with Crippen molar-refractivity contribution in [1.82, 2.24) is 0 Å². The number of rotatable bonds is 0. The molecule has 3 aliphatic rings. The van der Waals surface area contributed by atoms with Gasteiger partial charge in [0.15, 0.2) is 5.78 Å². The van der Waals surface area contributed by atoms with Gasteiger partial charge in [0.05, 0.1) is 24.2 Å². The summed E-state index contributed by atoms with van der Waals surface area (Å²) in [7, 11) is 0. The van der Waals surface area contributed by atoms with Gasteiger partial charge < -0.3 is 15.3 Å². The molecule has 5 atom stereocenters. The Morgan fingerprint density at radius 3 is 2.58 bits per heavy atom. The van der Waals surface area contributed by atoms with Gasteiger partial charge in [-0.25, -0.2) is 0 Å². The average molecular weight is 332 g/mol.